The molecule has 1 heterocycles. The van der Waals surface area contributed by atoms with E-state index in [9.17, 15) is 8.42 Å². The number of benzene rings is 2. The molecular weight excluding hydrogens is 304 g/mol. The predicted molar refractivity (Wildman–Crippen MR) is 80.4 cm³/mol. The van der Waals surface area contributed by atoms with Crippen LogP contribution in [0.15, 0.2) is 58.1 Å². The maximum absolute atomic E-state index is 12.4. The third-order valence-corrected chi connectivity index (χ3v) is 4.71. The van der Waals surface area contributed by atoms with E-state index in [1.807, 2.05) is 30.3 Å². The Morgan fingerprint density at radius 2 is 1.86 bits per heavy atom. The van der Waals surface area contributed by atoms with Crippen LogP contribution in [0.3, 0.4) is 0 Å². The zero-order valence-electron chi connectivity index (χ0n) is 11.5. The molecule has 7 nitrogen and oxygen atoms in total. The standard InChI is InChI=1S/C14H14N4O3S/c15-11(10-5-2-1-3-6-10)9-16-22(19,20)13-8-4-7-12-14(13)18-21-17-12/h1-8,11,16H,9,15H2/t11-/m1/s1. The van der Waals surface area contributed by atoms with Crippen LogP contribution in [0.25, 0.3) is 11.0 Å². The third kappa shape index (κ3) is 2.84. The van der Waals surface area contributed by atoms with Crippen molar-refractivity contribution in [1.29, 1.82) is 0 Å². The van der Waals surface area contributed by atoms with Crippen LogP contribution < -0.4 is 10.5 Å². The van der Waals surface area contributed by atoms with Crippen molar-refractivity contribution in [3.63, 3.8) is 0 Å². The number of nitrogens with zero attached hydrogens (tertiary/aromatic N) is 2. The van der Waals surface area contributed by atoms with Gasteiger partial charge in [0.25, 0.3) is 0 Å². The van der Waals surface area contributed by atoms with Gasteiger partial charge >= 0.3 is 0 Å². The summed E-state index contributed by atoms with van der Waals surface area (Å²) in [6.07, 6.45) is 0. The second-order valence-corrected chi connectivity index (χ2v) is 6.49. The number of nitrogens with two attached hydrogens (primary N) is 1. The molecule has 0 aliphatic rings. The summed E-state index contributed by atoms with van der Waals surface area (Å²) in [5.41, 5.74) is 7.43. The van der Waals surface area contributed by atoms with Gasteiger partial charge in [-0.05, 0) is 28.0 Å². The van der Waals surface area contributed by atoms with Gasteiger partial charge in [-0.2, -0.15) is 0 Å². The van der Waals surface area contributed by atoms with Crippen LogP contribution in [-0.2, 0) is 10.0 Å². The van der Waals surface area contributed by atoms with Crippen LogP contribution in [0.1, 0.15) is 11.6 Å². The van der Waals surface area contributed by atoms with Crippen molar-refractivity contribution in [2.45, 2.75) is 10.9 Å². The molecule has 0 saturated heterocycles. The number of hydrogen-bond donors (Lipinski definition) is 2. The molecule has 3 aromatic rings. The van der Waals surface area contributed by atoms with Crippen LogP contribution in [0.4, 0.5) is 0 Å². The van der Waals surface area contributed by atoms with Gasteiger partial charge in [-0.1, -0.05) is 36.4 Å². The maximum atomic E-state index is 12.4. The molecule has 0 bridgehead atoms. The fraction of sp³-hybridized carbons (Fsp3) is 0.143. The van der Waals surface area contributed by atoms with Crippen molar-refractivity contribution in [3.8, 4) is 0 Å². The van der Waals surface area contributed by atoms with Gasteiger partial charge in [0.05, 0.1) is 0 Å². The average Bonchev–Trinajstić information content (AvgIpc) is 3.02. The van der Waals surface area contributed by atoms with Crippen LogP contribution >= 0.6 is 0 Å². The van der Waals surface area contributed by atoms with Crippen LogP contribution in [0.5, 0.6) is 0 Å². The summed E-state index contributed by atoms with van der Waals surface area (Å²) >= 11 is 0. The highest BCUT2D eigenvalue weighted by Crippen LogP contribution is 2.19. The number of fused-ring (bicyclic) bond motifs is 1. The van der Waals surface area contributed by atoms with Crippen molar-refractivity contribution in [3.05, 3.63) is 54.1 Å². The van der Waals surface area contributed by atoms with E-state index < -0.39 is 16.1 Å². The van der Waals surface area contributed by atoms with Gasteiger partial charge in [0.2, 0.25) is 10.0 Å². The molecule has 2 aromatic carbocycles. The van der Waals surface area contributed by atoms with Crippen LogP contribution in [0.2, 0.25) is 0 Å². The Kier molecular flexibility index (Phi) is 3.88. The molecular formula is C14H14N4O3S. The minimum absolute atomic E-state index is 0.0199. The maximum Gasteiger partial charge on any atom is 0.242 e. The van der Waals surface area contributed by atoms with Gasteiger partial charge in [0.15, 0.2) is 5.52 Å². The first-order valence-electron chi connectivity index (χ1n) is 6.59. The molecule has 0 aliphatic heterocycles. The SMILES string of the molecule is N[C@H](CNS(=O)(=O)c1cccc2nonc12)c1ccccc1. The minimum Gasteiger partial charge on any atom is -0.323 e. The van der Waals surface area contributed by atoms with E-state index in [0.29, 0.717) is 5.52 Å². The van der Waals surface area contributed by atoms with Gasteiger partial charge in [-0.25, -0.2) is 17.8 Å². The molecule has 0 spiro atoms. The van der Waals surface area contributed by atoms with Crippen LogP contribution in [0, 0.1) is 0 Å². The van der Waals surface area contributed by atoms with E-state index in [1.54, 1.807) is 12.1 Å². The Balaban J connectivity index is 1.81. The smallest absolute Gasteiger partial charge is 0.242 e. The summed E-state index contributed by atoms with van der Waals surface area (Å²) < 4.78 is 31.9. The Morgan fingerprint density at radius 1 is 1.09 bits per heavy atom. The zero-order valence-corrected chi connectivity index (χ0v) is 12.3. The topological polar surface area (TPSA) is 111 Å². The van der Waals surface area contributed by atoms with E-state index in [-0.39, 0.29) is 17.0 Å². The van der Waals surface area contributed by atoms with Crippen molar-refractivity contribution in [2.24, 2.45) is 5.73 Å². The zero-order chi connectivity index (χ0) is 15.6. The lowest BCUT2D eigenvalue weighted by atomic mass is 10.1. The van der Waals surface area contributed by atoms with Crippen molar-refractivity contribution < 1.29 is 13.0 Å². The molecule has 114 valence electrons. The quantitative estimate of drug-likeness (QED) is 0.731. The van der Waals surface area contributed by atoms with E-state index in [4.69, 9.17) is 5.73 Å². The number of rotatable bonds is 5. The van der Waals surface area contributed by atoms with Crippen molar-refractivity contribution in [2.75, 3.05) is 6.54 Å². The Labute approximate surface area is 127 Å². The monoisotopic (exact) mass is 318 g/mol. The van der Waals surface area contributed by atoms with Crippen molar-refractivity contribution in [1.82, 2.24) is 15.0 Å². The van der Waals surface area contributed by atoms with Gasteiger partial charge in [-0.3, -0.25) is 0 Å². The summed E-state index contributed by atoms with van der Waals surface area (Å²) in [6, 6.07) is 13.5. The van der Waals surface area contributed by atoms with E-state index in [0.717, 1.165) is 5.56 Å². The highest BCUT2D eigenvalue weighted by Gasteiger charge is 2.21. The third-order valence-electron chi connectivity index (χ3n) is 3.26. The summed E-state index contributed by atoms with van der Waals surface area (Å²) in [5.74, 6) is 0. The predicted octanol–water partition coefficient (Wildman–Crippen LogP) is 1.20. The Hall–Kier alpha value is -2.29. The molecule has 8 heteroatoms. The highest BCUT2D eigenvalue weighted by atomic mass is 32.2. The first-order valence-corrected chi connectivity index (χ1v) is 8.08. The fourth-order valence-electron chi connectivity index (χ4n) is 2.09. The number of nitrogens with one attached hydrogen (secondary N) is 1. The molecule has 0 amide bonds. The van der Waals surface area contributed by atoms with E-state index in [1.165, 1.54) is 6.07 Å². The normalized spacial score (nSPS) is 13.3. The molecule has 0 fully saturated rings. The van der Waals surface area contributed by atoms with Crippen LogP contribution in [-0.4, -0.2) is 25.3 Å². The average molecular weight is 318 g/mol. The second-order valence-electron chi connectivity index (χ2n) is 4.76. The largest absolute Gasteiger partial charge is 0.323 e. The summed E-state index contributed by atoms with van der Waals surface area (Å²) in [7, 11) is -3.75. The molecule has 1 atom stereocenters. The lowest BCUT2D eigenvalue weighted by molar-refractivity contribution is 0.315. The molecule has 3 rings (SSSR count). The first-order chi connectivity index (χ1) is 10.6. The number of hydrogen-bond acceptors (Lipinski definition) is 6. The minimum atomic E-state index is -3.75. The second kappa shape index (κ2) is 5.84. The number of sulfonamides is 1. The van der Waals surface area contributed by atoms with E-state index >= 15 is 0 Å². The fourth-order valence-corrected chi connectivity index (χ4v) is 3.30. The molecule has 22 heavy (non-hydrogen) atoms. The lowest BCUT2D eigenvalue weighted by Crippen LogP contribution is -2.32. The first kappa shape index (κ1) is 14.6. The summed E-state index contributed by atoms with van der Waals surface area (Å²) in [6.45, 7) is 0.0774. The molecule has 0 radical (unpaired) electrons. The molecule has 0 saturated carbocycles. The molecule has 1 aromatic heterocycles. The Bertz CT molecular complexity index is 877. The number of aromatic nitrogens is 2. The van der Waals surface area contributed by atoms with Gasteiger partial charge in [0.1, 0.15) is 10.4 Å². The lowest BCUT2D eigenvalue weighted by Gasteiger charge is -2.13. The molecule has 3 N–H and O–H groups in total. The van der Waals surface area contributed by atoms with Crippen molar-refractivity contribution >= 4 is 21.1 Å². The van der Waals surface area contributed by atoms with E-state index in [2.05, 4.69) is 19.7 Å². The molecule has 0 aliphatic carbocycles. The molecule has 0 unspecified atom stereocenters. The summed E-state index contributed by atoms with van der Waals surface area (Å²) in [5, 5.41) is 7.27. The summed E-state index contributed by atoms with van der Waals surface area (Å²) in [4.78, 5) is 0.0199. The van der Waals surface area contributed by atoms with Gasteiger partial charge < -0.3 is 5.73 Å². The van der Waals surface area contributed by atoms with Gasteiger partial charge in [-0.15, -0.1) is 0 Å². The van der Waals surface area contributed by atoms with Gasteiger partial charge in [0, 0.05) is 12.6 Å². The highest BCUT2D eigenvalue weighted by molar-refractivity contribution is 7.89. The Morgan fingerprint density at radius 3 is 2.64 bits per heavy atom.